The molecule has 128 valence electrons. The molecule has 1 aliphatic carbocycles. The molecule has 0 aliphatic heterocycles. The number of carbonyl (C=O) groups is 1. The number of nitrogens with zero attached hydrogens (tertiary/aromatic N) is 4. The molecule has 1 aliphatic rings. The van der Waals surface area contributed by atoms with Gasteiger partial charge in [0.15, 0.2) is 5.01 Å². The lowest BCUT2D eigenvalue weighted by Gasteiger charge is -2.27. The van der Waals surface area contributed by atoms with Crippen LogP contribution in [0.15, 0.2) is 24.5 Å². The third kappa shape index (κ3) is 3.98. The molecule has 0 aromatic carbocycles. The maximum absolute atomic E-state index is 13.0. The van der Waals surface area contributed by atoms with E-state index in [1.165, 1.54) is 17.8 Å². The number of rotatable bonds is 6. The van der Waals surface area contributed by atoms with Crippen LogP contribution in [0, 0.1) is 5.92 Å². The minimum Gasteiger partial charge on any atom is -0.286 e. The van der Waals surface area contributed by atoms with Gasteiger partial charge in [-0.3, -0.25) is 14.7 Å². The molecule has 0 N–H and O–H groups in total. The summed E-state index contributed by atoms with van der Waals surface area (Å²) in [5, 5.41) is 10.1. The van der Waals surface area contributed by atoms with E-state index in [0.29, 0.717) is 0 Å². The maximum Gasteiger partial charge on any atom is 0.231 e. The van der Waals surface area contributed by atoms with Gasteiger partial charge >= 0.3 is 0 Å². The van der Waals surface area contributed by atoms with Crippen molar-refractivity contribution in [3.8, 4) is 10.6 Å². The predicted octanol–water partition coefficient (Wildman–Crippen LogP) is 4.31. The molecule has 1 amide bonds. The Labute approximate surface area is 147 Å². The van der Waals surface area contributed by atoms with Crippen LogP contribution in [0.5, 0.6) is 0 Å². The summed E-state index contributed by atoms with van der Waals surface area (Å²) in [6.45, 7) is 2.87. The zero-order valence-corrected chi connectivity index (χ0v) is 15.0. The Morgan fingerprint density at radius 2 is 2.12 bits per heavy atom. The Hall–Kier alpha value is -1.82. The van der Waals surface area contributed by atoms with E-state index in [0.717, 1.165) is 60.8 Å². The van der Waals surface area contributed by atoms with E-state index in [9.17, 15) is 4.79 Å². The lowest BCUT2D eigenvalue weighted by atomic mass is 9.88. The molecule has 0 unspecified atom stereocenters. The van der Waals surface area contributed by atoms with E-state index in [4.69, 9.17) is 0 Å². The fourth-order valence-electron chi connectivity index (χ4n) is 3.12. The van der Waals surface area contributed by atoms with Gasteiger partial charge < -0.3 is 0 Å². The molecule has 0 radical (unpaired) electrons. The van der Waals surface area contributed by atoms with Crippen molar-refractivity contribution in [2.24, 2.45) is 5.92 Å². The van der Waals surface area contributed by atoms with Crippen LogP contribution in [0.2, 0.25) is 0 Å². The van der Waals surface area contributed by atoms with Crippen LogP contribution in [-0.2, 0) is 4.79 Å². The van der Waals surface area contributed by atoms with E-state index >= 15 is 0 Å². The fourth-order valence-corrected chi connectivity index (χ4v) is 3.98. The summed E-state index contributed by atoms with van der Waals surface area (Å²) in [4.78, 5) is 19.0. The van der Waals surface area contributed by atoms with Gasteiger partial charge in [0.05, 0.1) is 0 Å². The van der Waals surface area contributed by atoms with E-state index in [-0.39, 0.29) is 11.8 Å². The number of pyridine rings is 1. The van der Waals surface area contributed by atoms with Crippen molar-refractivity contribution in [1.82, 2.24) is 15.2 Å². The van der Waals surface area contributed by atoms with Crippen LogP contribution >= 0.6 is 11.3 Å². The van der Waals surface area contributed by atoms with Crippen molar-refractivity contribution in [3.63, 3.8) is 0 Å². The predicted molar refractivity (Wildman–Crippen MR) is 97.0 cm³/mol. The van der Waals surface area contributed by atoms with E-state index in [1.54, 1.807) is 12.4 Å². The largest absolute Gasteiger partial charge is 0.286 e. The van der Waals surface area contributed by atoms with Gasteiger partial charge in [0.25, 0.3) is 0 Å². The Kier molecular flexibility index (Phi) is 5.91. The lowest BCUT2D eigenvalue weighted by molar-refractivity contribution is -0.123. The summed E-state index contributed by atoms with van der Waals surface area (Å²) in [5.41, 5.74) is 0.946. The van der Waals surface area contributed by atoms with Gasteiger partial charge in [-0.1, -0.05) is 43.9 Å². The number of amides is 1. The monoisotopic (exact) mass is 344 g/mol. The topological polar surface area (TPSA) is 59.0 Å². The van der Waals surface area contributed by atoms with Gasteiger partial charge in [-0.2, -0.15) is 0 Å². The maximum atomic E-state index is 13.0. The number of hydrogen-bond acceptors (Lipinski definition) is 5. The molecule has 2 aromatic rings. The third-order valence-electron chi connectivity index (χ3n) is 4.51. The number of anilines is 1. The molecule has 0 atom stereocenters. The van der Waals surface area contributed by atoms with Crippen molar-refractivity contribution in [3.05, 3.63) is 24.5 Å². The van der Waals surface area contributed by atoms with Crippen molar-refractivity contribution >= 4 is 22.4 Å². The SMILES string of the molecule is CCCCN(C(=O)C1CCCCC1)c1nnc(-c2cccnc2)s1. The Balaban J connectivity index is 1.80. The van der Waals surface area contributed by atoms with Crippen LogP contribution in [-0.4, -0.2) is 27.6 Å². The lowest BCUT2D eigenvalue weighted by Crippen LogP contribution is -2.37. The van der Waals surface area contributed by atoms with E-state index in [2.05, 4.69) is 22.1 Å². The first-order chi connectivity index (χ1) is 11.8. The Bertz CT molecular complexity index is 652. The normalized spacial score (nSPS) is 15.4. The minimum atomic E-state index is 0.154. The van der Waals surface area contributed by atoms with Gasteiger partial charge in [0.2, 0.25) is 11.0 Å². The zero-order chi connectivity index (χ0) is 16.8. The van der Waals surface area contributed by atoms with Crippen LogP contribution < -0.4 is 4.90 Å². The van der Waals surface area contributed by atoms with Crippen LogP contribution in [0.4, 0.5) is 5.13 Å². The molecular formula is C18H24N4OS. The molecule has 0 bridgehead atoms. The average molecular weight is 344 g/mol. The molecule has 6 heteroatoms. The molecule has 1 saturated carbocycles. The highest BCUT2D eigenvalue weighted by molar-refractivity contribution is 7.18. The molecule has 3 rings (SSSR count). The Morgan fingerprint density at radius 3 is 2.83 bits per heavy atom. The molecular weight excluding hydrogens is 320 g/mol. The second kappa shape index (κ2) is 8.33. The van der Waals surface area contributed by atoms with Crippen LogP contribution in [0.25, 0.3) is 10.6 Å². The smallest absolute Gasteiger partial charge is 0.231 e. The van der Waals surface area contributed by atoms with Gasteiger partial charge in [-0.25, -0.2) is 0 Å². The van der Waals surface area contributed by atoms with Crippen molar-refractivity contribution in [2.75, 3.05) is 11.4 Å². The molecule has 0 spiro atoms. The second-order valence-electron chi connectivity index (χ2n) is 6.31. The summed E-state index contributed by atoms with van der Waals surface area (Å²) in [6, 6.07) is 3.86. The third-order valence-corrected chi connectivity index (χ3v) is 5.50. The van der Waals surface area contributed by atoms with Gasteiger partial charge in [-0.05, 0) is 31.4 Å². The minimum absolute atomic E-state index is 0.154. The first kappa shape index (κ1) is 17.0. The highest BCUT2D eigenvalue weighted by Crippen LogP contribution is 2.32. The van der Waals surface area contributed by atoms with Gasteiger partial charge in [0, 0.05) is 30.4 Å². The Morgan fingerprint density at radius 1 is 1.29 bits per heavy atom. The molecule has 24 heavy (non-hydrogen) atoms. The van der Waals surface area contributed by atoms with E-state index in [1.807, 2.05) is 17.0 Å². The standard InChI is InChI=1S/C18H24N4OS/c1-2-3-12-22(17(23)14-8-5-4-6-9-14)18-21-20-16(24-18)15-10-7-11-19-13-15/h7,10-11,13-14H,2-6,8-9,12H2,1H3. The quantitative estimate of drug-likeness (QED) is 0.783. The molecule has 0 saturated heterocycles. The zero-order valence-electron chi connectivity index (χ0n) is 14.1. The van der Waals surface area contributed by atoms with Gasteiger partial charge in [0.1, 0.15) is 0 Å². The summed E-state index contributed by atoms with van der Waals surface area (Å²) in [5.74, 6) is 0.387. The van der Waals surface area contributed by atoms with E-state index < -0.39 is 0 Å². The first-order valence-corrected chi connectivity index (χ1v) is 9.66. The van der Waals surface area contributed by atoms with Crippen molar-refractivity contribution < 1.29 is 4.79 Å². The van der Waals surface area contributed by atoms with Gasteiger partial charge in [-0.15, -0.1) is 10.2 Å². The number of hydrogen-bond donors (Lipinski definition) is 0. The number of aromatic nitrogens is 3. The summed E-state index contributed by atoms with van der Waals surface area (Å²) >= 11 is 1.48. The second-order valence-corrected chi connectivity index (χ2v) is 7.27. The molecule has 2 aromatic heterocycles. The van der Waals surface area contributed by atoms with Crippen LogP contribution in [0.1, 0.15) is 51.9 Å². The average Bonchev–Trinajstić information content (AvgIpc) is 3.13. The summed E-state index contributed by atoms with van der Waals surface area (Å²) in [7, 11) is 0. The first-order valence-electron chi connectivity index (χ1n) is 8.85. The molecule has 2 heterocycles. The number of carbonyl (C=O) groups excluding carboxylic acids is 1. The van der Waals surface area contributed by atoms with Crippen molar-refractivity contribution in [1.29, 1.82) is 0 Å². The molecule has 1 fully saturated rings. The summed E-state index contributed by atoms with van der Waals surface area (Å²) < 4.78 is 0. The van der Waals surface area contributed by atoms with Crippen molar-refractivity contribution in [2.45, 2.75) is 51.9 Å². The van der Waals surface area contributed by atoms with Crippen LogP contribution in [0.3, 0.4) is 0 Å². The fraction of sp³-hybridized carbons (Fsp3) is 0.556. The highest BCUT2D eigenvalue weighted by atomic mass is 32.1. The number of unbranched alkanes of at least 4 members (excludes halogenated alkanes) is 1. The molecule has 5 nitrogen and oxygen atoms in total. The highest BCUT2D eigenvalue weighted by Gasteiger charge is 2.28. The summed E-state index contributed by atoms with van der Waals surface area (Å²) in [6.07, 6.45) is 11.2.